The standard InChI is InChI=1S/C20H23N3O/c1-2-3-5-13-19(24)23-14-9-8-12-18(23)20-21-15-17(22-20)16-10-6-4-7-11-16/h2-7,10-11,15,18H,1,8-9,12-14H2,(H,21,22). The van der Waals surface area contributed by atoms with Crippen molar-refractivity contribution in [3.8, 4) is 11.3 Å². The SMILES string of the molecule is C=CC=CCC(=O)N1CCCCC1c1ncc(-c2ccccc2)[nH]1. The molecule has 0 radical (unpaired) electrons. The van der Waals surface area contributed by atoms with Gasteiger partial charge in [-0.15, -0.1) is 0 Å². The zero-order valence-electron chi connectivity index (χ0n) is 13.8. The molecule has 1 atom stereocenters. The van der Waals surface area contributed by atoms with E-state index in [0.717, 1.165) is 42.9 Å². The predicted octanol–water partition coefficient (Wildman–Crippen LogP) is 4.26. The van der Waals surface area contributed by atoms with Crippen LogP contribution in [0.15, 0.2) is 61.3 Å². The molecule has 2 heterocycles. The number of allylic oxidation sites excluding steroid dienone is 2. The molecule has 0 saturated carbocycles. The van der Waals surface area contributed by atoms with Gasteiger partial charge < -0.3 is 9.88 Å². The number of imidazole rings is 1. The molecule has 1 N–H and O–H groups in total. The van der Waals surface area contributed by atoms with E-state index in [1.165, 1.54) is 0 Å². The van der Waals surface area contributed by atoms with E-state index in [-0.39, 0.29) is 11.9 Å². The Balaban J connectivity index is 1.78. The van der Waals surface area contributed by atoms with E-state index in [1.807, 2.05) is 41.4 Å². The normalized spacial score (nSPS) is 18.0. The number of carbonyl (C=O) groups excluding carboxylic acids is 1. The van der Waals surface area contributed by atoms with Crippen LogP contribution in [0.1, 0.15) is 37.5 Å². The van der Waals surface area contributed by atoms with Gasteiger partial charge in [0, 0.05) is 13.0 Å². The van der Waals surface area contributed by atoms with Crippen LogP contribution in [-0.4, -0.2) is 27.3 Å². The van der Waals surface area contributed by atoms with Crippen molar-refractivity contribution < 1.29 is 4.79 Å². The lowest BCUT2D eigenvalue weighted by atomic mass is 10.0. The molecule has 4 heteroatoms. The van der Waals surface area contributed by atoms with Crippen LogP contribution in [0.25, 0.3) is 11.3 Å². The first-order valence-corrected chi connectivity index (χ1v) is 8.47. The van der Waals surface area contributed by atoms with Crippen molar-refractivity contribution in [3.05, 3.63) is 67.2 Å². The number of hydrogen-bond acceptors (Lipinski definition) is 2. The first kappa shape index (κ1) is 16.2. The number of amides is 1. The highest BCUT2D eigenvalue weighted by atomic mass is 16.2. The van der Waals surface area contributed by atoms with Crippen LogP contribution in [0.3, 0.4) is 0 Å². The summed E-state index contributed by atoms with van der Waals surface area (Å²) < 4.78 is 0. The molecule has 0 bridgehead atoms. The third kappa shape index (κ3) is 3.65. The Morgan fingerprint density at radius 2 is 2.17 bits per heavy atom. The maximum atomic E-state index is 12.5. The fraction of sp³-hybridized carbons (Fsp3) is 0.300. The molecule has 1 fully saturated rings. The van der Waals surface area contributed by atoms with Crippen LogP contribution in [-0.2, 0) is 4.79 Å². The van der Waals surface area contributed by atoms with Gasteiger partial charge in [-0.25, -0.2) is 4.98 Å². The molecule has 1 aromatic carbocycles. The molecule has 4 nitrogen and oxygen atoms in total. The summed E-state index contributed by atoms with van der Waals surface area (Å²) in [5, 5.41) is 0. The minimum Gasteiger partial charge on any atom is -0.340 e. The summed E-state index contributed by atoms with van der Waals surface area (Å²) in [7, 11) is 0. The minimum absolute atomic E-state index is 0.0424. The summed E-state index contributed by atoms with van der Waals surface area (Å²) >= 11 is 0. The molecule has 1 saturated heterocycles. The number of H-pyrrole nitrogens is 1. The van der Waals surface area contributed by atoms with Gasteiger partial charge in [0.25, 0.3) is 0 Å². The largest absolute Gasteiger partial charge is 0.340 e. The zero-order chi connectivity index (χ0) is 16.8. The van der Waals surface area contributed by atoms with Gasteiger partial charge in [0.1, 0.15) is 5.82 Å². The summed E-state index contributed by atoms with van der Waals surface area (Å²) in [4.78, 5) is 22.5. The maximum Gasteiger partial charge on any atom is 0.227 e. The highest BCUT2D eigenvalue weighted by Gasteiger charge is 2.29. The molecule has 124 valence electrons. The topological polar surface area (TPSA) is 49.0 Å². The molecular formula is C20H23N3O. The summed E-state index contributed by atoms with van der Waals surface area (Å²) in [6.07, 6.45) is 10.8. The molecular weight excluding hydrogens is 298 g/mol. The number of aromatic amines is 1. The highest BCUT2D eigenvalue weighted by Crippen LogP contribution is 2.31. The highest BCUT2D eigenvalue weighted by molar-refractivity contribution is 5.78. The van der Waals surface area contributed by atoms with Crippen LogP contribution in [0.4, 0.5) is 0 Å². The number of nitrogens with one attached hydrogen (secondary N) is 1. The number of nitrogens with zero attached hydrogens (tertiary/aromatic N) is 2. The average molecular weight is 321 g/mol. The molecule has 1 amide bonds. The van der Waals surface area contributed by atoms with E-state index in [1.54, 1.807) is 6.08 Å². The number of hydrogen-bond donors (Lipinski definition) is 1. The van der Waals surface area contributed by atoms with Gasteiger partial charge in [0.2, 0.25) is 5.91 Å². The molecule has 1 unspecified atom stereocenters. The molecule has 0 spiro atoms. The number of benzene rings is 1. The van der Waals surface area contributed by atoms with Crippen molar-refractivity contribution in [3.63, 3.8) is 0 Å². The van der Waals surface area contributed by atoms with E-state index < -0.39 is 0 Å². The molecule has 1 aliphatic rings. The molecule has 0 aliphatic carbocycles. The van der Waals surface area contributed by atoms with Crippen LogP contribution >= 0.6 is 0 Å². The third-order valence-electron chi connectivity index (χ3n) is 4.38. The number of rotatable bonds is 5. The summed E-state index contributed by atoms with van der Waals surface area (Å²) in [5.41, 5.74) is 2.11. The van der Waals surface area contributed by atoms with Crippen molar-refractivity contribution in [2.24, 2.45) is 0 Å². The van der Waals surface area contributed by atoms with Gasteiger partial charge in [-0.3, -0.25) is 4.79 Å². The molecule has 1 aliphatic heterocycles. The Morgan fingerprint density at radius 1 is 1.33 bits per heavy atom. The van der Waals surface area contributed by atoms with Crippen LogP contribution < -0.4 is 0 Å². The Hall–Kier alpha value is -2.62. The number of likely N-dealkylation sites (tertiary alicyclic amines) is 1. The van der Waals surface area contributed by atoms with Crippen LogP contribution in [0.5, 0.6) is 0 Å². The lowest BCUT2D eigenvalue weighted by molar-refractivity contribution is -0.134. The Labute approximate surface area is 142 Å². The lowest BCUT2D eigenvalue weighted by Crippen LogP contribution is -2.38. The summed E-state index contributed by atoms with van der Waals surface area (Å²) in [5.74, 6) is 1.03. The summed E-state index contributed by atoms with van der Waals surface area (Å²) in [6.45, 7) is 4.44. The van der Waals surface area contributed by atoms with Gasteiger partial charge in [-0.1, -0.05) is 55.1 Å². The predicted molar refractivity (Wildman–Crippen MR) is 96.3 cm³/mol. The molecule has 1 aromatic heterocycles. The van der Waals surface area contributed by atoms with E-state index in [4.69, 9.17) is 0 Å². The van der Waals surface area contributed by atoms with Gasteiger partial charge in [-0.05, 0) is 24.8 Å². The second kappa shape index (κ2) is 7.77. The Morgan fingerprint density at radius 3 is 2.96 bits per heavy atom. The zero-order valence-corrected chi connectivity index (χ0v) is 13.8. The molecule has 3 rings (SSSR count). The Kier molecular flexibility index (Phi) is 5.26. The van der Waals surface area contributed by atoms with Crippen molar-refractivity contribution in [1.82, 2.24) is 14.9 Å². The number of carbonyl (C=O) groups is 1. The van der Waals surface area contributed by atoms with E-state index >= 15 is 0 Å². The van der Waals surface area contributed by atoms with Crippen molar-refractivity contribution in [1.29, 1.82) is 0 Å². The van der Waals surface area contributed by atoms with Crippen molar-refractivity contribution in [2.75, 3.05) is 6.54 Å². The van der Waals surface area contributed by atoms with Crippen molar-refractivity contribution in [2.45, 2.75) is 31.7 Å². The van der Waals surface area contributed by atoms with Gasteiger partial charge in [-0.2, -0.15) is 0 Å². The van der Waals surface area contributed by atoms with E-state index in [0.29, 0.717) is 6.42 Å². The van der Waals surface area contributed by atoms with Gasteiger partial charge >= 0.3 is 0 Å². The first-order valence-electron chi connectivity index (χ1n) is 8.47. The number of piperidine rings is 1. The quantitative estimate of drug-likeness (QED) is 0.836. The number of aromatic nitrogens is 2. The lowest BCUT2D eigenvalue weighted by Gasteiger charge is -2.34. The second-order valence-electron chi connectivity index (χ2n) is 6.01. The fourth-order valence-electron chi connectivity index (χ4n) is 3.17. The van der Waals surface area contributed by atoms with Crippen LogP contribution in [0, 0.1) is 0 Å². The molecule has 24 heavy (non-hydrogen) atoms. The fourth-order valence-corrected chi connectivity index (χ4v) is 3.17. The van der Waals surface area contributed by atoms with Gasteiger partial charge in [0.15, 0.2) is 0 Å². The molecule has 2 aromatic rings. The smallest absolute Gasteiger partial charge is 0.227 e. The Bertz CT molecular complexity index is 717. The third-order valence-corrected chi connectivity index (χ3v) is 4.38. The van der Waals surface area contributed by atoms with Crippen molar-refractivity contribution >= 4 is 5.91 Å². The van der Waals surface area contributed by atoms with E-state index in [9.17, 15) is 4.79 Å². The average Bonchev–Trinajstić information content (AvgIpc) is 3.12. The maximum absolute atomic E-state index is 12.5. The minimum atomic E-state index is 0.0424. The second-order valence-corrected chi connectivity index (χ2v) is 6.01. The van der Waals surface area contributed by atoms with E-state index in [2.05, 4.69) is 28.7 Å². The first-order chi connectivity index (χ1) is 11.8. The van der Waals surface area contributed by atoms with Gasteiger partial charge in [0.05, 0.1) is 17.9 Å². The van der Waals surface area contributed by atoms with Crippen LogP contribution in [0.2, 0.25) is 0 Å². The summed E-state index contributed by atoms with van der Waals surface area (Å²) in [6, 6.07) is 10.2. The monoisotopic (exact) mass is 321 g/mol.